The van der Waals surface area contributed by atoms with Crippen molar-refractivity contribution >= 4 is 11.9 Å². The average Bonchev–Trinajstić information content (AvgIpc) is 2.95. The lowest BCUT2D eigenvalue weighted by atomic mass is 10.0. The van der Waals surface area contributed by atoms with E-state index >= 15 is 0 Å². The zero-order valence-electron chi connectivity index (χ0n) is 11.2. The summed E-state index contributed by atoms with van der Waals surface area (Å²) in [4.78, 5) is 23.0. The fourth-order valence-corrected chi connectivity index (χ4v) is 2.65. The number of aliphatic hydroxyl groups excluding tert-OH is 1. The minimum absolute atomic E-state index is 0.170. The number of hydrogen-bond acceptors (Lipinski definition) is 3. The van der Waals surface area contributed by atoms with E-state index in [9.17, 15) is 14.7 Å². The molecule has 20 heavy (non-hydrogen) atoms. The first-order valence-electron chi connectivity index (χ1n) is 6.80. The predicted molar refractivity (Wildman–Crippen MR) is 72.9 cm³/mol. The number of amides is 1. The molecule has 0 spiro atoms. The lowest BCUT2D eigenvalue weighted by Crippen LogP contribution is -2.35. The van der Waals surface area contributed by atoms with Gasteiger partial charge in [-0.15, -0.1) is 0 Å². The van der Waals surface area contributed by atoms with Crippen molar-refractivity contribution in [3.8, 4) is 0 Å². The lowest BCUT2D eigenvalue weighted by molar-refractivity contribution is -0.141. The van der Waals surface area contributed by atoms with Crippen LogP contribution in [0.4, 0.5) is 0 Å². The molecule has 1 fully saturated rings. The number of benzene rings is 1. The van der Waals surface area contributed by atoms with Gasteiger partial charge in [-0.05, 0) is 24.8 Å². The van der Waals surface area contributed by atoms with Crippen LogP contribution >= 0.6 is 0 Å². The smallest absolute Gasteiger partial charge is 0.306 e. The molecule has 1 aromatic rings. The Hall–Kier alpha value is -1.88. The average molecular weight is 277 g/mol. The van der Waals surface area contributed by atoms with Crippen molar-refractivity contribution in [3.63, 3.8) is 0 Å². The number of aliphatic carboxylic acids is 1. The molecule has 0 bridgehead atoms. The second-order valence-corrected chi connectivity index (χ2v) is 5.20. The molecular weight excluding hydrogens is 258 g/mol. The van der Waals surface area contributed by atoms with Gasteiger partial charge in [0.25, 0.3) is 0 Å². The first-order valence-corrected chi connectivity index (χ1v) is 6.80. The Morgan fingerprint density at radius 3 is 2.40 bits per heavy atom. The van der Waals surface area contributed by atoms with Crippen LogP contribution in [0.25, 0.3) is 0 Å². The Kier molecular flexibility index (Phi) is 4.74. The van der Waals surface area contributed by atoms with E-state index in [1.165, 1.54) is 0 Å². The SMILES string of the molecule is O=C(O)C1CCC(C(=O)N[C@@H](CO)c2ccccc2)C1. The first-order chi connectivity index (χ1) is 9.61. The Morgan fingerprint density at radius 1 is 1.20 bits per heavy atom. The molecule has 3 atom stereocenters. The molecule has 2 unspecified atom stereocenters. The van der Waals surface area contributed by atoms with Crippen LogP contribution in [-0.2, 0) is 9.59 Å². The zero-order valence-corrected chi connectivity index (χ0v) is 11.2. The van der Waals surface area contributed by atoms with Gasteiger partial charge in [-0.3, -0.25) is 9.59 Å². The van der Waals surface area contributed by atoms with E-state index in [2.05, 4.69) is 5.32 Å². The summed E-state index contributed by atoms with van der Waals surface area (Å²) in [5, 5.41) is 21.2. The summed E-state index contributed by atoms with van der Waals surface area (Å²) in [5.74, 6) is -1.69. The highest BCUT2D eigenvalue weighted by Gasteiger charge is 2.34. The number of rotatable bonds is 5. The quantitative estimate of drug-likeness (QED) is 0.758. The van der Waals surface area contributed by atoms with Gasteiger partial charge in [-0.2, -0.15) is 0 Å². The van der Waals surface area contributed by atoms with Gasteiger partial charge >= 0.3 is 5.97 Å². The highest BCUT2D eigenvalue weighted by Crippen LogP contribution is 2.31. The minimum Gasteiger partial charge on any atom is -0.481 e. The van der Waals surface area contributed by atoms with Crippen LogP contribution in [0.15, 0.2) is 30.3 Å². The molecule has 5 heteroatoms. The summed E-state index contributed by atoms with van der Waals surface area (Å²) in [7, 11) is 0. The third-order valence-corrected chi connectivity index (χ3v) is 3.85. The van der Waals surface area contributed by atoms with E-state index in [0.717, 1.165) is 5.56 Å². The molecule has 3 N–H and O–H groups in total. The van der Waals surface area contributed by atoms with Gasteiger partial charge < -0.3 is 15.5 Å². The van der Waals surface area contributed by atoms with Crippen LogP contribution < -0.4 is 5.32 Å². The number of carboxylic acid groups (broad SMARTS) is 1. The normalized spacial score (nSPS) is 23.2. The Balaban J connectivity index is 1.95. The van der Waals surface area contributed by atoms with Crippen molar-refractivity contribution in [3.05, 3.63) is 35.9 Å². The summed E-state index contributed by atoms with van der Waals surface area (Å²) in [6.07, 6.45) is 1.52. The highest BCUT2D eigenvalue weighted by atomic mass is 16.4. The third kappa shape index (κ3) is 3.36. The van der Waals surface area contributed by atoms with Crippen molar-refractivity contribution in [1.29, 1.82) is 0 Å². The van der Waals surface area contributed by atoms with Crippen LogP contribution in [0.5, 0.6) is 0 Å². The zero-order chi connectivity index (χ0) is 14.5. The Morgan fingerprint density at radius 2 is 1.85 bits per heavy atom. The van der Waals surface area contributed by atoms with Crippen molar-refractivity contribution in [1.82, 2.24) is 5.32 Å². The molecular formula is C15H19NO4. The van der Waals surface area contributed by atoms with Crippen molar-refractivity contribution in [2.45, 2.75) is 25.3 Å². The second kappa shape index (κ2) is 6.52. The molecule has 0 saturated heterocycles. The van der Waals surface area contributed by atoms with Gasteiger partial charge in [0.15, 0.2) is 0 Å². The molecule has 1 saturated carbocycles. The first kappa shape index (κ1) is 14.5. The van der Waals surface area contributed by atoms with E-state index in [-0.39, 0.29) is 18.4 Å². The van der Waals surface area contributed by atoms with Gasteiger partial charge in [0.2, 0.25) is 5.91 Å². The van der Waals surface area contributed by atoms with E-state index in [4.69, 9.17) is 5.11 Å². The monoisotopic (exact) mass is 277 g/mol. The maximum atomic E-state index is 12.1. The van der Waals surface area contributed by atoms with Gasteiger partial charge in [-0.1, -0.05) is 30.3 Å². The van der Waals surface area contributed by atoms with Crippen LogP contribution in [0.3, 0.4) is 0 Å². The lowest BCUT2D eigenvalue weighted by Gasteiger charge is -2.19. The Bertz CT molecular complexity index is 474. The topological polar surface area (TPSA) is 86.6 Å². The summed E-state index contributed by atoms with van der Waals surface area (Å²) in [6.45, 7) is -0.176. The number of carbonyl (C=O) groups is 2. The molecule has 0 aliphatic heterocycles. The third-order valence-electron chi connectivity index (χ3n) is 3.85. The number of carbonyl (C=O) groups excluding carboxylic acids is 1. The van der Waals surface area contributed by atoms with E-state index < -0.39 is 17.9 Å². The number of carboxylic acids is 1. The van der Waals surface area contributed by atoms with Crippen molar-refractivity contribution in [2.75, 3.05) is 6.61 Å². The van der Waals surface area contributed by atoms with Crippen molar-refractivity contribution < 1.29 is 19.8 Å². The standard InChI is InChI=1S/C15H19NO4/c17-9-13(10-4-2-1-3-5-10)16-14(18)11-6-7-12(8-11)15(19)20/h1-5,11-13,17H,6-9H2,(H,16,18)(H,19,20)/t11?,12?,13-/m0/s1. The summed E-state index contributed by atoms with van der Waals surface area (Å²) in [6, 6.07) is 8.81. The van der Waals surface area contributed by atoms with Gasteiger partial charge in [0, 0.05) is 5.92 Å². The van der Waals surface area contributed by atoms with Crippen LogP contribution in [0.2, 0.25) is 0 Å². The number of nitrogens with one attached hydrogen (secondary N) is 1. The summed E-state index contributed by atoms with van der Waals surface area (Å²) < 4.78 is 0. The fourth-order valence-electron chi connectivity index (χ4n) is 2.65. The maximum absolute atomic E-state index is 12.1. The molecule has 1 aliphatic rings. The molecule has 1 amide bonds. The molecule has 2 rings (SSSR count). The minimum atomic E-state index is -0.831. The Labute approximate surface area is 117 Å². The van der Waals surface area contributed by atoms with Crippen LogP contribution in [0, 0.1) is 11.8 Å². The molecule has 1 aliphatic carbocycles. The second-order valence-electron chi connectivity index (χ2n) is 5.20. The summed E-state index contributed by atoms with van der Waals surface area (Å²) in [5.41, 5.74) is 0.844. The van der Waals surface area contributed by atoms with E-state index in [1.54, 1.807) is 0 Å². The predicted octanol–water partition coefficient (Wildman–Crippen LogP) is 1.34. The van der Waals surface area contributed by atoms with E-state index in [0.29, 0.717) is 19.3 Å². The maximum Gasteiger partial charge on any atom is 0.306 e. The molecule has 5 nitrogen and oxygen atoms in total. The highest BCUT2D eigenvalue weighted by molar-refractivity contribution is 5.81. The molecule has 1 aromatic carbocycles. The number of aliphatic hydroxyl groups is 1. The fraction of sp³-hybridized carbons (Fsp3) is 0.467. The van der Waals surface area contributed by atoms with Crippen LogP contribution in [0.1, 0.15) is 30.9 Å². The molecule has 0 heterocycles. The van der Waals surface area contributed by atoms with Gasteiger partial charge in [0.1, 0.15) is 0 Å². The molecule has 108 valence electrons. The van der Waals surface area contributed by atoms with E-state index in [1.807, 2.05) is 30.3 Å². The molecule has 0 aromatic heterocycles. The number of hydrogen-bond donors (Lipinski definition) is 3. The largest absolute Gasteiger partial charge is 0.481 e. The van der Waals surface area contributed by atoms with Gasteiger partial charge in [-0.25, -0.2) is 0 Å². The van der Waals surface area contributed by atoms with Crippen molar-refractivity contribution in [2.24, 2.45) is 11.8 Å². The summed E-state index contributed by atoms with van der Waals surface area (Å²) >= 11 is 0. The van der Waals surface area contributed by atoms with Crippen LogP contribution in [-0.4, -0.2) is 28.7 Å². The van der Waals surface area contributed by atoms with Gasteiger partial charge in [0.05, 0.1) is 18.6 Å². The molecule has 0 radical (unpaired) electrons.